The summed E-state index contributed by atoms with van der Waals surface area (Å²) in [5, 5.41) is 2.69. The first-order valence-corrected chi connectivity index (χ1v) is 10.1. The molecule has 0 aliphatic carbocycles. The van der Waals surface area contributed by atoms with Gasteiger partial charge in [0.2, 0.25) is 0 Å². The number of amides is 1. The van der Waals surface area contributed by atoms with Gasteiger partial charge in [-0.15, -0.1) is 0 Å². The third-order valence-electron chi connectivity index (χ3n) is 4.88. The highest BCUT2D eigenvalue weighted by Gasteiger charge is 2.20. The number of ether oxygens (including phenoxy) is 3. The summed E-state index contributed by atoms with van der Waals surface area (Å²) in [7, 11) is 0. The van der Waals surface area contributed by atoms with Crippen molar-refractivity contribution in [3.8, 4) is 11.5 Å². The Morgan fingerprint density at radius 2 is 1.44 bits per heavy atom. The number of fused-ring (bicyclic) bond motifs is 1. The lowest BCUT2D eigenvalue weighted by Gasteiger charge is -2.19. The summed E-state index contributed by atoms with van der Waals surface area (Å²) < 4.78 is 16.2. The Morgan fingerprint density at radius 3 is 2.16 bits per heavy atom. The average molecular weight is 431 g/mol. The lowest BCUT2D eigenvalue weighted by atomic mass is 10.0. The van der Waals surface area contributed by atoms with E-state index in [0.717, 1.165) is 0 Å². The first-order valence-electron chi connectivity index (χ1n) is 10.1. The Labute approximate surface area is 184 Å². The van der Waals surface area contributed by atoms with Gasteiger partial charge in [-0.25, -0.2) is 4.79 Å². The fourth-order valence-electron chi connectivity index (χ4n) is 3.16. The minimum Gasteiger partial charge on any atom is -0.486 e. The highest BCUT2D eigenvalue weighted by atomic mass is 16.6. The predicted octanol–water partition coefficient (Wildman–Crippen LogP) is 3.87. The van der Waals surface area contributed by atoms with Crippen molar-refractivity contribution in [1.29, 1.82) is 0 Å². The van der Waals surface area contributed by atoms with Crippen LogP contribution in [-0.2, 0) is 9.53 Å². The first-order chi connectivity index (χ1) is 15.5. The van der Waals surface area contributed by atoms with Gasteiger partial charge in [-0.3, -0.25) is 9.59 Å². The van der Waals surface area contributed by atoms with E-state index in [1.165, 1.54) is 19.1 Å². The Morgan fingerprint density at radius 1 is 0.812 bits per heavy atom. The van der Waals surface area contributed by atoms with Crippen LogP contribution in [0.4, 0.5) is 5.69 Å². The van der Waals surface area contributed by atoms with Crippen molar-refractivity contribution in [3.63, 3.8) is 0 Å². The Hall–Kier alpha value is -4.13. The molecule has 1 N–H and O–H groups in total. The molecule has 1 heterocycles. The minimum absolute atomic E-state index is 0.141. The van der Waals surface area contributed by atoms with E-state index in [4.69, 9.17) is 14.2 Å². The molecule has 7 nitrogen and oxygen atoms in total. The van der Waals surface area contributed by atoms with Crippen molar-refractivity contribution >= 4 is 23.3 Å². The zero-order chi connectivity index (χ0) is 22.5. The fourth-order valence-corrected chi connectivity index (χ4v) is 3.16. The smallest absolute Gasteiger partial charge is 0.338 e. The van der Waals surface area contributed by atoms with Crippen LogP contribution in [0.2, 0.25) is 0 Å². The van der Waals surface area contributed by atoms with Gasteiger partial charge in [0.25, 0.3) is 5.91 Å². The Bertz CT molecular complexity index is 1140. The third kappa shape index (κ3) is 4.78. The van der Waals surface area contributed by atoms with Crippen molar-refractivity contribution in [1.82, 2.24) is 0 Å². The van der Waals surface area contributed by atoms with E-state index >= 15 is 0 Å². The molecular weight excluding hydrogens is 410 g/mol. The molecule has 1 aliphatic heterocycles. The molecule has 0 saturated heterocycles. The molecule has 1 amide bonds. The van der Waals surface area contributed by atoms with Crippen LogP contribution < -0.4 is 14.8 Å². The van der Waals surface area contributed by atoms with E-state index < -0.39 is 18.0 Å². The molecule has 7 heteroatoms. The molecule has 0 bridgehead atoms. The second-order valence-electron chi connectivity index (χ2n) is 7.17. The van der Waals surface area contributed by atoms with Gasteiger partial charge in [-0.05, 0) is 31.2 Å². The monoisotopic (exact) mass is 431 g/mol. The lowest BCUT2D eigenvalue weighted by molar-refractivity contribution is -0.123. The molecule has 162 valence electrons. The number of nitrogens with one attached hydrogen (secondary N) is 1. The van der Waals surface area contributed by atoms with E-state index in [1.807, 2.05) is 6.07 Å². The summed E-state index contributed by atoms with van der Waals surface area (Å²) in [5.74, 6) is -0.121. The van der Waals surface area contributed by atoms with Gasteiger partial charge in [0, 0.05) is 22.9 Å². The SMILES string of the molecule is C[C@@H](OC(=O)c1ccc(C(=O)c2ccccc2)cc1)C(=O)Nc1ccc2c(c1)OCCO2. The summed E-state index contributed by atoms with van der Waals surface area (Å²) in [6, 6.07) is 20.0. The number of rotatable bonds is 6. The third-order valence-corrected chi connectivity index (χ3v) is 4.88. The number of ketones is 1. The zero-order valence-electron chi connectivity index (χ0n) is 17.4. The molecule has 0 saturated carbocycles. The normalized spacial score (nSPS) is 13.0. The number of esters is 1. The second-order valence-corrected chi connectivity index (χ2v) is 7.17. The number of anilines is 1. The first kappa shape index (κ1) is 21.1. The zero-order valence-corrected chi connectivity index (χ0v) is 17.4. The van der Waals surface area contributed by atoms with Crippen molar-refractivity contribution in [3.05, 3.63) is 89.5 Å². The summed E-state index contributed by atoms with van der Waals surface area (Å²) in [5.41, 5.74) is 1.77. The van der Waals surface area contributed by atoms with Crippen molar-refractivity contribution in [2.24, 2.45) is 0 Å². The fraction of sp³-hybridized carbons (Fsp3) is 0.160. The maximum Gasteiger partial charge on any atom is 0.338 e. The van der Waals surface area contributed by atoms with E-state index in [9.17, 15) is 14.4 Å². The number of benzene rings is 3. The molecule has 0 unspecified atom stereocenters. The van der Waals surface area contributed by atoms with Crippen LogP contribution in [0.5, 0.6) is 11.5 Å². The van der Waals surface area contributed by atoms with Crippen molar-refractivity contribution in [2.45, 2.75) is 13.0 Å². The number of hydrogen-bond donors (Lipinski definition) is 1. The summed E-state index contributed by atoms with van der Waals surface area (Å²) in [4.78, 5) is 37.3. The van der Waals surface area contributed by atoms with Gasteiger partial charge in [0.05, 0.1) is 5.56 Å². The van der Waals surface area contributed by atoms with Crippen LogP contribution in [0.1, 0.15) is 33.2 Å². The van der Waals surface area contributed by atoms with Gasteiger partial charge in [0.1, 0.15) is 13.2 Å². The molecule has 3 aromatic carbocycles. The van der Waals surface area contributed by atoms with E-state index in [2.05, 4.69) is 5.32 Å². The highest BCUT2D eigenvalue weighted by molar-refractivity contribution is 6.09. The molecule has 0 fully saturated rings. The second kappa shape index (κ2) is 9.34. The topological polar surface area (TPSA) is 90.9 Å². The van der Waals surface area contributed by atoms with Gasteiger partial charge in [-0.1, -0.05) is 42.5 Å². The van der Waals surface area contributed by atoms with Gasteiger partial charge >= 0.3 is 5.97 Å². The molecule has 0 spiro atoms. The van der Waals surface area contributed by atoms with E-state index in [1.54, 1.807) is 54.6 Å². The summed E-state index contributed by atoms with van der Waals surface area (Å²) in [6.45, 7) is 2.40. The van der Waals surface area contributed by atoms with Gasteiger partial charge < -0.3 is 19.5 Å². The molecule has 0 radical (unpaired) electrons. The van der Waals surface area contributed by atoms with E-state index in [-0.39, 0.29) is 11.3 Å². The average Bonchev–Trinajstić information content (AvgIpc) is 2.84. The summed E-state index contributed by atoms with van der Waals surface area (Å²) in [6.07, 6.45) is -1.03. The quantitative estimate of drug-likeness (QED) is 0.471. The maximum atomic E-state index is 12.5. The molecule has 0 aromatic heterocycles. The largest absolute Gasteiger partial charge is 0.486 e. The molecule has 3 aromatic rings. The van der Waals surface area contributed by atoms with Crippen LogP contribution in [0.25, 0.3) is 0 Å². The predicted molar refractivity (Wildman–Crippen MR) is 117 cm³/mol. The molecule has 32 heavy (non-hydrogen) atoms. The van der Waals surface area contributed by atoms with Crippen LogP contribution in [0, 0.1) is 0 Å². The van der Waals surface area contributed by atoms with Crippen LogP contribution in [-0.4, -0.2) is 37.0 Å². The van der Waals surface area contributed by atoms with Crippen LogP contribution in [0.3, 0.4) is 0 Å². The van der Waals surface area contributed by atoms with Crippen molar-refractivity contribution in [2.75, 3.05) is 18.5 Å². The van der Waals surface area contributed by atoms with Crippen LogP contribution in [0.15, 0.2) is 72.8 Å². The highest BCUT2D eigenvalue weighted by Crippen LogP contribution is 2.32. The maximum absolute atomic E-state index is 12.5. The van der Waals surface area contributed by atoms with Crippen molar-refractivity contribution < 1.29 is 28.6 Å². The standard InChI is InChI=1S/C25H21NO6/c1-16(24(28)26-20-11-12-21-22(15-20)31-14-13-30-21)32-25(29)19-9-7-18(8-10-19)23(27)17-5-3-2-4-6-17/h2-12,15-16H,13-14H2,1H3,(H,26,28)/t16-/m1/s1. The minimum atomic E-state index is -1.03. The van der Waals surface area contributed by atoms with Crippen LogP contribution >= 0.6 is 0 Å². The molecule has 4 rings (SSSR count). The van der Waals surface area contributed by atoms with Gasteiger partial charge in [-0.2, -0.15) is 0 Å². The van der Waals surface area contributed by atoms with E-state index in [0.29, 0.717) is 41.5 Å². The molecule has 1 aliphatic rings. The Kier molecular flexibility index (Phi) is 6.17. The number of carbonyl (C=O) groups excluding carboxylic acids is 3. The summed E-state index contributed by atoms with van der Waals surface area (Å²) >= 11 is 0. The lowest BCUT2D eigenvalue weighted by Crippen LogP contribution is -2.30. The Balaban J connectivity index is 1.35. The van der Waals surface area contributed by atoms with Gasteiger partial charge in [0.15, 0.2) is 23.4 Å². The number of hydrogen-bond acceptors (Lipinski definition) is 6. The molecular formula is C25H21NO6. The number of carbonyl (C=O) groups is 3. The molecule has 1 atom stereocenters.